The summed E-state index contributed by atoms with van der Waals surface area (Å²) in [7, 11) is -3.58. The van der Waals surface area contributed by atoms with Gasteiger partial charge in [-0.1, -0.05) is 11.6 Å². The summed E-state index contributed by atoms with van der Waals surface area (Å²) in [4.78, 5) is 3.81. The summed E-state index contributed by atoms with van der Waals surface area (Å²) in [5.74, 6) is 0.0141. The Morgan fingerprint density at radius 1 is 1.59 bits per heavy atom. The Morgan fingerprint density at radius 2 is 2.35 bits per heavy atom. The minimum absolute atomic E-state index is 0.00674. The number of aromatic nitrogens is 1. The Labute approximate surface area is 105 Å². The molecule has 2 rings (SSSR count). The van der Waals surface area contributed by atoms with E-state index in [1.807, 2.05) is 0 Å². The maximum Gasteiger partial charge on any atom is 0.246 e. The minimum atomic E-state index is -3.58. The fourth-order valence-corrected chi connectivity index (χ4v) is 3.79. The van der Waals surface area contributed by atoms with Crippen LogP contribution in [-0.2, 0) is 10.0 Å². The van der Waals surface area contributed by atoms with E-state index in [-0.39, 0.29) is 22.4 Å². The summed E-state index contributed by atoms with van der Waals surface area (Å²) in [6.45, 7) is 0.760. The zero-order valence-corrected chi connectivity index (χ0v) is 10.7. The first-order valence-corrected chi connectivity index (χ1v) is 7.08. The van der Waals surface area contributed by atoms with Gasteiger partial charge in [0, 0.05) is 32.1 Å². The van der Waals surface area contributed by atoms with Crippen LogP contribution in [0.15, 0.2) is 23.4 Å². The van der Waals surface area contributed by atoms with Crippen molar-refractivity contribution in [3.63, 3.8) is 0 Å². The Kier molecular flexibility index (Phi) is 3.67. The van der Waals surface area contributed by atoms with Crippen LogP contribution in [0.25, 0.3) is 0 Å². The highest BCUT2D eigenvalue weighted by molar-refractivity contribution is 7.89. The van der Waals surface area contributed by atoms with Crippen molar-refractivity contribution in [2.24, 2.45) is 5.92 Å². The van der Waals surface area contributed by atoms with Gasteiger partial charge in [0.2, 0.25) is 10.0 Å². The first-order chi connectivity index (χ1) is 8.05. The van der Waals surface area contributed by atoms with Gasteiger partial charge in [-0.3, -0.25) is 4.98 Å². The molecule has 0 spiro atoms. The van der Waals surface area contributed by atoms with Crippen molar-refractivity contribution in [3.05, 3.63) is 23.5 Å². The van der Waals surface area contributed by atoms with Gasteiger partial charge >= 0.3 is 0 Å². The van der Waals surface area contributed by atoms with Crippen LogP contribution >= 0.6 is 11.6 Å². The van der Waals surface area contributed by atoms with Crippen molar-refractivity contribution >= 4 is 21.6 Å². The van der Waals surface area contributed by atoms with Gasteiger partial charge in [0.1, 0.15) is 4.90 Å². The average Bonchev–Trinajstić information content (AvgIpc) is 2.78. The maximum atomic E-state index is 12.2. The smallest absolute Gasteiger partial charge is 0.246 e. The van der Waals surface area contributed by atoms with E-state index in [2.05, 4.69) is 4.98 Å². The van der Waals surface area contributed by atoms with Gasteiger partial charge in [-0.25, -0.2) is 8.42 Å². The van der Waals surface area contributed by atoms with Crippen LogP contribution in [0.3, 0.4) is 0 Å². The number of pyridine rings is 1. The summed E-state index contributed by atoms with van der Waals surface area (Å²) in [6.07, 6.45) is 3.37. The van der Waals surface area contributed by atoms with E-state index >= 15 is 0 Å². The summed E-state index contributed by atoms with van der Waals surface area (Å²) in [6, 6.07) is 1.45. The third kappa shape index (κ3) is 2.44. The van der Waals surface area contributed by atoms with Crippen LogP contribution < -0.4 is 0 Å². The molecule has 1 aromatic heterocycles. The standard InChI is InChI=1S/C10H13ClN2O3S/c11-9-1-3-12-5-10(9)17(15,16)13-4-2-8(6-13)7-14/h1,3,5,8,14H,2,4,6-7H2. The van der Waals surface area contributed by atoms with Gasteiger partial charge in [-0.15, -0.1) is 0 Å². The lowest BCUT2D eigenvalue weighted by Crippen LogP contribution is -2.29. The maximum absolute atomic E-state index is 12.2. The van der Waals surface area contributed by atoms with Crippen LogP contribution in [0.1, 0.15) is 6.42 Å². The van der Waals surface area contributed by atoms with Gasteiger partial charge in [0.15, 0.2) is 0 Å². The molecule has 0 radical (unpaired) electrons. The number of nitrogens with zero attached hydrogens (tertiary/aromatic N) is 2. The van der Waals surface area contributed by atoms with E-state index < -0.39 is 10.0 Å². The predicted molar refractivity (Wildman–Crippen MR) is 63.2 cm³/mol. The molecule has 1 fully saturated rings. The van der Waals surface area contributed by atoms with E-state index in [4.69, 9.17) is 16.7 Å². The van der Waals surface area contributed by atoms with Crippen LogP contribution in [-0.4, -0.2) is 42.5 Å². The summed E-state index contributed by atoms with van der Waals surface area (Å²) in [5.41, 5.74) is 0. The zero-order chi connectivity index (χ0) is 12.5. The number of sulfonamides is 1. The van der Waals surface area contributed by atoms with Gasteiger partial charge in [-0.2, -0.15) is 4.31 Å². The molecule has 5 nitrogen and oxygen atoms in total. The van der Waals surface area contributed by atoms with Crippen molar-refractivity contribution in [2.45, 2.75) is 11.3 Å². The monoisotopic (exact) mass is 276 g/mol. The first-order valence-electron chi connectivity index (χ1n) is 5.26. The molecule has 1 aliphatic rings. The first kappa shape index (κ1) is 12.8. The number of aliphatic hydroxyl groups excluding tert-OH is 1. The molecule has 1 unspecified atom stereocenters. The zero-order valence-electron chi connectivity index (χ0n) is 9.08. The fraction of sp³-hybridized carbons (Fsp3) is 0.500. The lowest BCUT2D eigenvalue weighted by Gasteiger charge is -2.16. The lowest BCUT2D eigenvalue weighted by atomic mass is 10.1. The summed E-state index contributed by atoms with van der Waals surface area (Å²) >= 11 is 5.86. The highest BCUT2D eigenvalue weighted by Gasteiger charge is 2.33. The molecule has 17 heavy (non-hydrogen) atoms. The molecule has 0 amide bonds. The molecule has 1 aromatic rings. The second-order valence-corrected chi connectivity index (χ2v) is 6.32. The third-order valence-electron chi connectivity index (χ3n) is 2.86. The van der Waals surface area contributed by atoms with Crippen molar-refractivity contribution in [2.75, 3.05) is 19.7 Å². The van der Waals surface area contributed by atoms with Gasteiger partial charge in [-0.05, 0) is 18.4 Å². The van der Waals surface area contributed by atoms with Crippen molar-refractivity contribution in [3.8, 4) is 0 Å². The number of aliphatic hydroxyl groups is 1. The molecule has 0 aromatic carbocycles. The third-order valence-corrected chi connectivity index (χ3v) is 5.19. The SMILES string of the molecule is O=S(=O)(c1cnccc1Cl)N1CCC(CO)C1. The topological polar surface area (TPSA) is 70.5 Å². The van der Waals surface area contributed by atoms with Crippen LogP contribution in [0.4, 0.5) is 0 Å². The molecule has 1 saturated heterocycles. The Morgan fingerprint density at radius 3 is 2.94 bits per heavy atom. The van der Waals surface area contributed by atoms with Crippen molar-refractivity contribution < 1.29 is 13.5 Å². The molecular formula is C10H13ClN2O3S. The summed E-state index contributed by atoms with van der Waals surface area (Å²) in [5, 5.41) is 9.19. The quantitative estimate of drug-likeness (QED) is 0.884. The van der Waals surface area contributed by atoms with Crippen LogP contribution in [0.5, 0.6) is 0 Å². The molecule has 2 heterocycles. The highest BCUT2D eigenvalue weighted by Crippen LogP contribution is 2.27. The predicted octanol–water partition coefficient (Wildman–Crippen LogP) is 0.738. The second-order valence-electron chi connectivity index (χ2n) is 4.01. The largest absolute Gasteiger partial charge is 0.396 e. The van der Waals surface area contributed by atoms with E-state index in [1.54, 1.807) is 0 Å². The van der Waals surface area contributed by atoms with Crippen LogP contribution in [0.2, 0.25) is 5.02 Å². The second kappa shape index (κ2) is 4.89. The molecule has 1 N–H and O–H groups in total. The van der Waals surface area contributed by atoms with Gasteiger partial charge in [0.05, 0.1) is 5.02 Å². The number of hydrogen-bond acceptors (Lipinski definition) is 4. The normalized spacial score (nSPS) is 21.9. The fourth-order valence-electron chi connectivity index (χ4n) is 1.86. The molecule has 7 heteroatoms. The van der Waals surface area contributed by atoms with Crippen molar-refractivity contribution in [1.29, 1.82) is 0 Å². The van der Waals surface area contributed by atoms with Gasteiger partial charge in [0.25, 0.3) is 0 Å². The molecule has 0 saturated carbocycles. The molecular weight excluding hydrogens is 264 g/mol. The van der Waals surface area contributed by atoms with Gasteiger partial charge < -0.3 is 5.11 Å². The Bertz CT molecular complexity index is 506. The summed E-state index contributed by atoms with van der Waals surface area (Å²) < 4.78 is 25.8. The molecule has 1 atom stereocenters. The molecule has 0 aliphatic carbocycles. The molecule has 0 bridgehead atoms. The van der Waals surface area contributed by atoms with E-state index in [0.717, 1.165) is 0 Å². The van der Waals surface area contributed by atoms with E-state index in [9.17, 15) is 8.42 Å². The molecule has 1 aliphatic heterocycles. The lowest BCUT2D eigenvalue weighted by molar-refractivity contribution is 0.233. The Hall–Kier alpha value is -0.690. The number of hydrogen-bond donors (Lipinski definition) is 1. The van der Waals surface area contributed by atoms with E-state index in [0.29, 0.717) is 19.5 Å². The van der Waals surface area contributed by atoms with Crippen molar-refractivity contribution in [1.82, 2.24) is 9.29 Å². The number of halogens is 1. The van der Waals surface area contributed by atoms with Crippen LogP contribution in [0, 0.1) is 5.92 Å². The Balaban J connectivity index is 2.29. The average molecular weight is 277 g/mol. The minimum Gasteiger partial charge on any atom is -0.396 e. The molecule has 94 valence electrons. The van der Waals surface area contributed by atoms with E-state index in [1.165, 1.54) is 22.8 Å². The number of rotatable bonds is 3. The highest BCUT2D eigenvalue weighted by atomic mass is 35.5.